The Morgan fingerprint density at radius 2 is 2.19 bits per heavy atom. The molecule has 1 aliphatic rings. The van der Waals surface area contributed by atoms with Crippen LogP contribution in [-0.4, -0.2) is 68.8 Å². The van der Waals surface area contributed by atoms with Gasteiger partial charge in [0.2, 0.25) is 5.91 Å². The molecule has 116 valence electrons. The summed E-state index contributed by atoms with van der Waals surface area (Å²) >= 11 is 6.16. The molecule has 1 amide bonds. The van der Waals surface area contributed by atoms with E-state index in [1.807, 2.05) is 6.07 Å². The molecule has 7 heteroatoms. The molecule has 0 aromatic carbocycles. The number of amides is 1. The highest BCUT2D eigenvalue weighted by atomic mass is 35.5. The van der Waals surface area contributed by atoms with Crippen molar-refractivity contribution in [2.45, 2.75) is 0 Å². The summed E-state index contributed by atoms with van der Waals surface area (Å²) in [5.74, 6) is 0.0439. The van der Waals surface area contributed by atoms with Crippen LogP contribution in [0.2, 0.25) is 5.02 Å². The van der Waals surface area contributed by atoms with E-state index in [-0.39, 0.29) is 5.91 Å². The fourth-order valence-corrected chi connectivity index (χ4v) is 2.56. The lowest BCUT2D eigenvalue weighted by atomic mass is 10.2. The van der Waals surface area contributed by atoms with Gasteiger partial charge in [0.25, 0.3) is 0 Å². The van der Waals surface area contributed by atoms with Crippen molar-refractivity contribution >= 4 is 23.2 Å². The van der Waals surface area contributed by atoms with E-state index < -0.39 is 0 Å². The van der Waals surface area contributed by atoms with E-state index in [0.717, 1.165) is 31.9 Å². The molecule has 0 radical (unpaired) electrons. The van der Waals surface area contributed by atoms with Crippen LogP contribution in [0.3, 0.4) is 0 Å². The second-order valence-corrected chi connectivity index (χ2v) is 5.34. The van der Waals surface area contributed by atoms with Gasteiger partial charge in [-0.25, -0.2) is 0 Å². The number of halogens is 1. The number of nitrogens with zero attached hydrogens (tertiary/aromatic N) is 3. The molecule has 6 nitrogen and oxygen atoms in total. The summed E-state index contributed by atoms with van der Waals surface area (Å²) in [4.78, 5) is 20.1. The van der Waals surface area contributed by atoms with E-state index in [1.54, 1.807) is 19.5 Å². The minimum absolute atomic E-state index is 0.0439. The molecule has 21 heavy (non-hydrogen) atoms. The molecule has 1 saturated heterocycles. The SMILES string of the molecule is COCCNC(=O)CN1CCN(c2ccncc2Cl)CC1. The zero-order chi connectivity index (χ0) is 15.1. The Hall–Kier alpha value is -1.37. The monoisotopic (exact) mass is 312 g/mol. The number of carbonyl (C=O) groups excluding carboxylic acids is 1. The van der Waals surface area contributed by atoms with E-state index in [4.69, 9.17) is 16.3 Å². The van der Waals surface area contributed by atoms with Gasteiger partial charge in [0.1, 0.15) is 0 Å². The molecule has 2 heterocycles. The molecule has 0 saturated carbocycles. The number of aromatic nitrogens is 1. The summed E-state index contributed by atoms with van der Waals surface area (Å²) in [6, 6.07) is 1.93. The molecule has 1 fully saturated rings. The molecule has 1 N–H and O–H groups in total. The summed E-state index contributed by atoms with van der Waals surface area (Å²) in [6.45, 7) is 4.93. The average Bonchev–Trinajstić information content (AvgIpc) is 2.49. The van der Waals surface area contributed by atoms with Crippen LogP contribution in [0, 0.1) is 0 Å². The molecular formula is C14H21ClN4O2. The predicted molar refractivity (Wildman–Crippen MR) is 82.8 cm³/mol. The third kappa shape index (κ3) is 4.84. The van der Waals surface area contributed by atoms with Crippen LogP contribution < -0.4 is 10.2 Å². The maximum atomic E-state index is 11.7. The van der Waals surface area contributed by atoms with Crippen LogP contribution in [0.5, 0.6) is 0 Å². The lowest BCUT2D eigenvalue weighted by Crippen LogP contribution is -2.49. The Morgan fingerprint density at radius 3 is 2.86 bits per heavy atom. The molecule has 0 atom stereocenters. The van der Waals surface area contributed by atoms with Crippen molar-refractivity contribution in [2.24, 2.45) is 0 Å². The van der Waals surface area contributed by atoms with Gasteiger partial charge < -0.3 is 15.0 Å². The Bertz CT molecular complexity index is 464. The molecule has 0 aliphatic carbocycles. The van der Waals surface area contributed by atoms with Crippen LogP contribution in [-0.2, 0) is 9.53 Å². The minimum atomic E-state index is 0.0439. The minimum Gasteiger partial charge on any atom is -0.383 e. The first-order valence-corrected chi connectivity index (χ1v) is 7.41. The Labute approximate surface area is 130 Å². The molecule has 0 bridgehead atoms. The van der Waals surface area contributed by atoms with Gasteiger partial charge in [-0.15, -0.1) is 0 Å². The molecule has 0 spiro atoms. The van der Waals surface area contributed by atoms with Gasteiger partial charge in [-0.3, -0.25) is 14.7 Å². The molecule has 2 rings (SSSR count). The van der Waals surface area contributed by atoms with Crippen molar-refractivity contribution < 1.29 is 9.53 Å². The van der Waals surface area contributed by atoms with Gasteiger partial charge in [0, 0.05) is 52.2 Å². The fourth-order valence-electron chi connectivity index (χ4n) is 2.32. The second kappa shape index (κ2) is 8.17. The molecule has 1 aromatic heterocycles. The van der Waals surface area contributed by atoms with Crippen molar-refractivity contribution in [3.05, 3.63) is 23.5 Å². The van der Waals surface area contributed by atoms with Crippen LogP contribution in [0.15, 0.2) is 18.5 Å². The summed E-state index contributed by atoms with van der Waals surface area (Å²) < 4.78 is 4.90. The number of pyridine rings is 1. The number of ether oxygens (including phenoxy) is 1. The number of hydrogen-bond acceptors (Lipinski definition) is 5. The summed E-state index contributed by atoms with van der Waals surface area (Å²) in [7, 11) is 1.62. The smallest absolute Gasteiger partial charge is 0.234 e. The molecular weight excluding hydrogens is 292 g/mol. The van der Waals surface area contributed by atoms with Gasteiger partial charge >= 0.3 is 0 Å². The molecule has 1 aromatic rings. The van der Waals surface area contributed by atoms with Gasteiger partial charge in [-0.05, 0) is 6.07 Å². The Kier molecular flexibility index (Phi) is 6.22. The van der Waals surface area contributed by atoms with E-state index in [9.17, 15) is 4.79 Å². The number of carbonyl (C=O) groups is 1. The zero-order valence-corrected chi connectivity index (χ0v) is 13.0. The van der Waals surface area contributed by atoms with Crippen LogP contribution in [0.25, 0.3) is 0 Å². The number of nitrogens with one attached hydrogen (secondary N) is 1. The van der Waals surface area contributed by atoms with E-state index in [2.05, 4.69) is 20.1 Å². The number of hydrogen-bond donors (Lipinski definition) is 1. The zero-order valence-electron chi connectivity index (χ0n) is 12.2. The second-order valence-electron chi connectivity index (χ2n) is 4.93. The topological polar surface area (TPSA) is 57.7 Å². The van der Waals surface area contributed by atoms with Crippen LogP contribution >= 0.6 is 11.6 Å². The van der Waals surface area contributed by atoms with Crippen molar-refractivity contribution in [3.8, 4) is 0 Å². The van der Waals surface area contributed by atoms with E-state index >= 15 is 0 Å². The largest absolute Gasteiger partial charge is 0.383 e. The standard InChI is InChI=1S/C14H21ClN4O2/c1-21-9-4-17-14(20)11-18-5-7-19(8-6-18)13-2-3-16-10-12(13)15/h2-3,10H,4-9,11H2,1H3,(H,17,20). The summed E-state index contributed by atoms with van der Waals surface area (Å²) in [5, 5.41) is 3.50. The number of rotatable bonds is 6. The maximum absolute atomic E-state index is 11.7. The van der Waals surface area contributed by atoms with Gasteiger partial charge in [-0.1, -0.05) is 11.6 Å². The van der Waals surface area contributed by atoms with Crippen LogP contribution in [0.1, 0.15) is 0 Å². The van der Waals surface area contributed by atoms with Crippen LogP contribution in [0.4, 0.5) is 5.69 Å². The number of anilines is 1. The third-order valence-corrected chi connectivity index (χ3v) is 3.75. The van der Waals surface area contributed by atoms with Crippen molar-refractivity contribution in [3.63, 3.8) is 0 Å². The van der Waals surface area contributed by atoms with Gasteiger partial charge in [-0.2, -0.15) is 0 Å². The molecule has 0 unspecified atom stereocenters. The van der Waals surface area contributed by atoms with Gasteiger partial charge in [0.15, 0.2) is 0 Å². The van der Waals surface area contributed by atoms with Gasteiger partial charge in [0.05, 0.1) is 23.9 Å². The third-order valence-electron chi connectivity index (χ3n) is 3.46. The predicted octanol–water partition coefficient (Wildman–Crippen LogP) is 0.620. The van der Waals surface area contributed by atoms with Crippen molar-refractivity contribution in [2.75, 3.05) is 57.9 Å². The lowest BCUT2D eigenvalue weighted by molar-refractivity contribution is -0.122. The Balaban J connectivity index is 1.76. The van der Waals surface area contributed by atoms with Crippen molar-refractivity contribution in [1.29, 1.82) is 0 Å². The quantitative estimate of drug-likeness (QED) is 0.780. The van der Waals surface area contributed by atoms with Crippen molar-refractivity contribution in [1.82, 2.24) is 15.2 Å². The highest BCUT2D eigenvalue weighted by Gasteiger charge is 2.20. The number of methoxy groups -OCH3 is 1. The summed E-state index contributed by atoms with van der Waals surface area (Å²) in [5.41, 5.74) is 1.01. The first-order chi connectivity index (χ1) is 10.2. The average molecular weight is 313 g/mol. The van der Waals surface area contributed by atoms with E-state index in [0.29, 0.717) is 24.7 Å². The Morgan fingerprint density at radius 1 is 1.43 bits per heavy atom. The maximum Gasteiger partial charge on any atom is 0.234 e. The first kappa shape index (κ1) is 16.0. The number of piperazine rings is 1. The first-order valence-electron chi connectivity index (χ1n) is 7.03. The van der Waals surface area contributed by atoms with E-state index in [1.165, 1.54) is 0 Å². The fraction of sp³-hybridized carbons (Fsp3) is 0.571. The highest BCUT2D eigenvalue weighted by molar-refractivity contribution is 6.33. The highest BCUT2D eigenvalue weighted by Crippen LogP contribution is 2.24. The normalized spacial score (nSPS) is 16.0. The molecule has 1 aliphatic heterocycles. The lowest BCUT2D eigenvalue weighted by Gasteiger charge is -2.36. The summed E-state index contributed by atoms with van der Waals surface area (Å²) in [6.07, 6.45) is 3.41.